The zero-order chi connectivity index (χ0) is 13.4. The minimum absolute atomic E-state index is 0.314. The SMILES string of the molecule is CC[C@@H](O)[C@@H](C)[C@H](F)C=NOCc1ccccc1. The quantitative estimate of drug-likeness (QED) is 0.599. The molecule has 1 aromatic carbocycles. The highest BCUT2D eigenvalue weighted by Gasteiger charge is 2.21. The van der Waals surface area contributed by atoms with Crippen LogP contribution in [-0.4, -0.2) is 23.6 Å². The molecule has 0 amide bonds. The normalized spacial score (nSPS) is 16.4. The summed E-state index contributed by atoms with van der Waals surface area (Å²) in [5, 5.41) is 13.1. The molecule has 0 saturated heterocycles. The van der Waals surface area contributed by atoms with E-state index in [4.69, 9.17) is 4.84 Å². The molecule has 0 fully saturated rings. The van der Waals surface area contributed by atoms with Crippen molar-refractivity contribution in [3.8, 4) is 0 Å². The van der Waals surface area contributed by atoms with Gasteiger partial charge in [-0.3, -0.25) is 0 Å². The average Bonchev–Trinajstić information content (AvgIpc) is 2.42. The molecule has 0 heterocycles. The van der Waals surface area contributed by atoms with Crippen LogP contribution in [0.15, 0.2) is 35.5 Å². The molecule has 0 aromatic heterocycles. The van der Waals surface area contributed by atoms with E-state index in [9.17, 15) is 9.50 Å². The molecule has 0 saturated carbocycles. The van der Waals surface area contributed by atoms with Gasteiger partial charge >= 0.3 is 0 Å². The van der Waals surface area contributed by atoms with Crippen LogP contribution in [0.3, 0.4) is 0 Å². The molecular weight excluding hydrogens is 233 g/mol. The zero-order valence-corrected chi connectivity index (χ0v) is 10.8. The third-order valence-electron chi connectivity index (χ3n) is 2.88. The Balaban J connectivity index is 2.32. The average molecular weight is 253 g/mol. The lowest BCUT2D eigenvalue weighted by Crippen LogP contribution is -2.27. The van der Waals surface area contributed by atoms with Crippen LogP contribution in [0.5, 0.6) is 0 Å². The van der Waals surface area contributed by atoms with Gasteiger partial charge in [-0.1, -0.05) is 49.3 Å². The van der Waals surface area contributed by atoms with Gasteiger partial charge in [0.25, 0.3) is 0 Å². The Morgan fingerprint density at radius 3 is 2.67 bits per heavy atom. The molecule has 3 atom stereocenters. The van der Waals surface area contributed by atoms with Crippen molar-refractivity contribution in [2.24, 2.45) is 11.1 Å². The standard InChI is InChI=1S/C14H20FNO2/c1-3-14(17)11(2)13(15)9-16-18-10-12-7-5-4-6-8-12/h4-9,11,13-14,17H,3,10H2,1-2H3/t11-,13+,14+/m0/s1. The number of rotatable bonds is 7. The summed E-state index contributed by atoms with van der Waals surface area (Å²) in [6.07, 6.45) is -0.316. The predicted octanol–water partition coefficient (Wildman–Crippen LogP) is 2.93. The maximum Gasteiger partial charge on any atom is 0.143 e. The van der Waals surface area contributed by atoms with Gasteiger partial charge in [0.1, 0.15) is 12.8 Å². The second kappa shape index (κ2) is 7.82. The molecule has 1 rings (SSSR count). The smallest absolute Gasteiger partial charge is 0.143 e. The minimum atomic E-state index is -1.30. The first kappa shape index (κ1) is 14.6. The van der Waals surface area contributed by atoms with Gasteiger partial charge in [-0.25, -0.2) is 4.39 Å². The summed E-state index contributed by atoms with van der Waals surface area (Å²) in [6.45, 7) is 3.79. The van der Waals surface area contributed by atoms with E-state index >= 15 is 0 Å². The van der Waals surface area contributed by atoms with E-state index in [1.165, 1.54) is 0 Å². The van der Waals surface area contributed by atoms with Gasteiger partial charge in [0.2, 0.25) is 0 Å². The fourth-order valence-electron chi connectivity index (χ4n) is 1.51. The predicted molar refractivity (Wildman–Crippen MR) is 70.1 cm³/mol. The van der Waals surface area contributed by atoms with Crippen LogP contribution in [-0.2, 0) is 11.4 Å². The first-order valence-corrected chi connectivity index (χ1v) is 6.16. The number of hydrogen-bond acceptors (Lipinski definition) is 3. The van der Waals surface area contributed by atoms with Gasteiger partial charge in [-0.2, -0.15) is 0 Å². The highest BCUT2D eigenvalue weighted by molar-refractivity contribution is 5.62. The van der Waals surface area contributed by atoms with Gasteiger partial charge in [0, 0.05) is 5.92 Å². The third kappa shape index (κ3) is 4.84. The Kier molecular flexibility index (Phi) is 6.36. The number of alkyl halides is 1. The van der Waals surface area contributed by atoms with Crippen LogP contribution in [0.2, 0.25) is 0 Å². The summed E-state index contributed by atoms with van der Waals surface area (Å²) in [5.74, 6) is -0.473. The topological polar surface area (TPSA) is 41.8 Å². The van der Waals surface area contributed by atoms with Crippen molar-refractivity contribution >= 4 is 6.21 Å². The molecule has 100 valence electrons. The van der Waals surface area contributed by atoms with E-state index in [1.807, 2.05) is 37.3 Å². The van der Waals surface area contributed by atoms with Gasteiger partial charge in [-0.15, -0.1) is 0 Å². The van der Waals surface area contributed by atoms with E-state index < -0.39 is 18.2 Å². The van der Waals surface area contributed by atoms with Crippen molar-refractivity contribution in [1.29, 1.82) is 0 Å². The Hall–Kier alpha value is -1.42. The maximum atomic E-state index is 13.6. The number of aliphatic hydroxyl groups is 1. The van der Waals surface area contributed by atoms with Crippen LogP contribution in [0.1, 0.15) is 25.8 Å². The summed E-state index contributed by atoms with van der Waals surface area (Å²) in [5.41, 5.74) is 0.978. The molecule has 0 aliphatic heterocycles. The van der Waals surface area contributed by atoms with Crippen LogP contribution >= 0.6 is 0 Å². The zero-order valence-electron chi connectivity index (χ0n) is 10.8. The summed E-state index contributed by atoms with van der Waals surface area (Å²) < 4.78 is 13.6. The summed E-state index contributed by atoms with van der Waals surface area (Å²) in [4.78, 5) is 5.00. The first-order valence-electron chi connectivity index (χ1n) is 6.16. The van der Waals surface area contributed by atoms with Crippen molar-refractivity contribution in [1.82, 2.24) is 0 Å². The van der Waals surface area contributed by atoms with Crippen molar-refractivity contribution in [2.75, 3.05) is 0 Å². The van der Waals surface area contributed by atoms with Gasteiger partial charge in [0.05, 0.1) is 12.3 Å². The molecule has 1 N–H and O–H groups in total. The highest BCUT2D eigenvalue weighted by atomic mass is 19.1. The van der Waals surface area contributed by atoms with E-state index in [-0.39, 0.29) is 0 Å². The summed E-state index contributed by atoms with van der Waals surface area (Å²) in [6, 6.07) is 9.54. The fraction of sp³-hybridized carbons (Fsp3) is 0.500. The van der Waals surface area contributed by atoms with Crippen molar-refractivity contribution in [3.63, 3.8) is 0 Å². The number of aliphatic hydroxyl groups excluding tert-OH is 1. The van der Waals surface area contributed by atoms with E-state index in [2.05, 4.69) is 5.16 Å². The van der Waals surface area contributed by atoms with E-state index in [0.29, 0.717) is 13.0 Å². The van der Waals surface area contributed by atoms with E-state index in [0.717, 1.165) is 11.8 Å². The van der Waals surface area contributed by atoms with Gasteiger partial charge < -0.3 is 9.94 Å². The van der Waals surface area contributed by atoms with Crippen LogP contribution < -0.4 is 0 Å². The second-order valence-electron chi connectivity index (χ2n) is 4.29. The number of hydrogen-bond donors (Lipinski definition) is 1. The van der Waals surface area contributed by atoms with Crippen LogP contribution in [0.25, 0.3) is 0 Å². The lowest BCUT2D eigenvalue weighted by atomic mass is 9.98. The number of benzene rings is 1. The second-order valence-corrected chi connectivity index (χ2v) is 4.29. The molecule has 18 heavy (non-hydrogen) atoms. The molecule has 0 bridgehead atoms. The van der Waals surface area contributed by atoms with Crippen LogP contribution in [0, 0.1) is 5.92 Å². The van der Waals surface area contributed by atoms with Gasteiger partial charge in [0.15, 0.2) is 0 Å². The Morgan fingerprint density at radius 1 is 1.39 bits per heavy atom. The largest absolute Gasteiger partial charge is 0.393 e. The molecule has 4 heteroatoms. The lowest BCUT2D eigenvalue weighted by Gasteiger charge is -2.17. The molecule has 0 aliphatic rings. The molecular formula is C14H20FNO2. The molecule has 3 nitrogen and oxygen atoms in total. The maximum absolute atomic E-state index is 13.6. The molecule has 0 aliphatic carbocycles. The van der Waals surface area contributed by atoms with E-state index in [1.54, 1.807) is 6.92 Å². The molecule has 0 spiro atoms. The fourth-order valence-corrected chi connectivity index (χ4v) is 1.51. The molecule has 1 aromatic rings. The van der Waals surface area contributed by atoms with Crippen molar-refractivity contribution < 1.29 is 14.3 Å². The van der Waals surface area contributed by atoms with Crippen LogP contribution in [0.4, 0.5) is 4.39 Å². The first-order chi connectivity index (χ1) is 8.65. The number of oxime groups is 1. The van der Waals surface area contributed by atoms with Crippen molar-refractivity contribution in [2.45, 2.75) is 39.2 Å². The Labute approximate surface area is 107 Å². The lowest BCUT2D eigenvalue weighted by molar-refractivity contribution is 0.0806. The molecule has 0 unspecified atom stereocenters. The summed E-state index contributed by atoms with van der Waals surface area (Å²) >= 11 is 0. The Morgan fingerprint density at radius 2 is 2.06 bits per heavy atom. The highest BCUT2D eigenvalue weighted by Crippen LogP contribution is 2.13. The number of halogens is 1. The van der Waals surface area contributed by atoms with Crippen molar-refractivity contribution in [3.05, 3.63) is 35.9 Å². The minimum Gasteiger partial charge on any atom is -0.393 e. The van der Waals surface area contributed by atoms with Gasteiger partial charge in [-0.05, 0) is 12.0 Å². The number of nitrogens with zero attached hydrogens (tertiary/aromatic N) is 1. The third-order valence-corrected chi connectivity index (χ3v) is 2.88. The molecule has 0 radical (unpaired) electrons. The monoisotopic (exact) mass is 253 g/mol. The summed E-state index contributed by atoms with van der Waals surface area (Å²) in [7, 11) is 0. The Bertz CT molecular complexity index is 356.